The average Bonchev–Trinajstić information content (AvgIpc) is 3.18. The van der Waals surface area contributed by atoms with Gasteiger partial charge in [0.05, 0.1) is 5.41 Å². The van der Waals surface area contributed by atoms with Crippen LogP contribution >= 0.6 is 0 Å². The summed E-state index contributed by atoms with van der Waals surface area (Å²) in [6, 6.07) is 6.28. The number of hydrogen-bond donors (Lipinski definition) is 0. The van der Waals surface area contributed by atoms with E-state index in [9.17, 15) is 4.39 Å². The second-order valence-corrected chi connectivity index (χ2v) is 5.49. The van der Waals surface area contributed by atoms with Gasteiger partial charge in [-0.2, -0.15) is 0 Å². The highest BCUT2D eigenvalue weighted by molar-refractivity contribution is 5.62. The van der Waals surface area contributed by atoms with Crippen molar-refractivity contribution < 1.29 is 4.39 Å². The lowest BCUT2D eigenvalue weighted by Gasteiger charge is -2.28. The Hall–Kier alpha value is -1.49. The second kappa shape index (κ2) is 4.31. The van der Waals surface area contributed by atoms with Crippen molar-refractivity contribution in [1.82, 2.24) is 0 Å². The van der Waals surface area contributed by atoms with Gasteiger partial charge < -0.3 is 4.90 Å². The van der Waals surface area contributed by atoms with Crippen molar-refractivity contribution in [3.63, 3.8) is 0 Å². The highest BCUT2D eigenvalue weighted by Gasteiger charge is 2.41. The molecule has 1 heterocycles. The van der Waals surface area contributed by atoms with Gasteiger partial charge in [0.1, 0.15) is 6.67 Å². The lowest BCUT2D eigenvalue weighted by Crippen LogP contribution is -2.25. The van der Waals surface area contributed by atoms with Gasteiger partial charge in [0.25, 0.3) is 0 Å². The van der Waals surface area contributed by atoms with Crippen LogP contribution in [0.3, 0.4) is 0 Å². The summed E-state index contributed by atoms with van der Waals surface area (Å²) in [5, 5.41) is 0. The van der Waals surface area contributed by atoms with Gasteiger partial charge in [-0.05, 0) is 43.4 Å². The lowest BCUT2D eigenvalue weighted by molar-refractivity contribution is 0.407. The largest absolute Gasteiger partial charge is 0.374 e. The predicted molar refractivity (Wildman–Crippen MR) is 72.6 cm³/mol. The molecule has 0 unspecified atom stereocenters. The van der Waals surface area contributed by atoms with E-state index in [0.29, 0.717) is 0 Å². The van der Waals surface area contributed by atoms with Crippen molar-refractivity contribution in [3.05, 3.63) is 29.3 Å². The van der Waals surface area contributed by atoms with Crippen molar-refractivity contribution in [2.45, 2.75) is 25.7 Å². The fourth-order valence-electron chi connectivity index (χ4n) is 2.57. The lowest BCUT2D eigenvalue weighted by atomic mass is 9.96. The minimum atomic E-state index is -0.302. The van der Waals surface area contributed by atoms with E-state index < -0.39 is 0 Å². The second-order valence-electron chi connectivity index (χ2n) is 5.49. The molecule has 0 atom stereocenters. The Balaban J connectivity index is 1.96. The van der Waals surface area contributed by atoms with Crippen LogP contribution in [0.1, 0.15) is 30.4 Å². The number of benzene rings is 1. The molecule has 0 saturated heterocycles. The summed E-state index contributed by atoms with van der Waals surface area (Å²) in [5.41, 5.74) is 3.42. The molecule has 2 aliphatic rings. The van der Waals surface area contributed by atoms with Crippen LogP contribution < -0.4 is 4.90 Å². The molecular weight excluding hydrogens is 225 g/mol. The Morgan fingerprint density at radius 2 is 2.22 bits per heavy atom. The van der Waals surface area contributed by atoms with Crippen molar-refractivity contribution in [3.8, 4) is 11.8 Å². The summed E-state index contributed by atoms with van der Waals surface area (Å²) in [4.78, 5) is 2.28. The summed E-state index contributed by atoms with van der Waals surface area (Å²) in [6.07, 6.45) is 4.11. The normalized spacial score (nSPS) is 19.8. The first-order chi connectivity index (χ1) is 8.74. The molecule has 0 aromatic heterocycles. The zero-order valence-corrected chi connectivity index (χ0v) is 10.8. The Morgan fingerprint density at radius 1 is 1.39 bits per heavy atom. The highest BCUT2D eigenvalue weighted by atomic mass is 19.1. The zero-order chi connectivity index (χ0) is 12.6. The molecule has 2 heteroatoms. The van der Waals surface area contributed by atoms with Gasteiger partial charge in [-0.1, -0.05) is 17.9 Å². The van der Waals surface area contributed by atoms with E-state index in [4.69, 9.17) is 0 Å². The van der Waals surface area contributed by atoms with Gasteiger partial charge in [0.2, 0.25) is 0 Å². The molecule has 1 saturated carbocycles. The molecule has 0 bridgehead atoms. The van der Waals surface area contributed by atoms with E-state index in [2.05, 4.69) is 42.0 Å². The predicted octanol–water partition coefficient (Wildman–Crippen LogP) is 3.17. The number of hydrogen-bond acceptors (Lipinski definition) is 1. The molecule has 1 aromatic carbocycles. The highest BCUT2D eigenvalue weighted by Crippen LogP contribution is 2.45. The van der Waals surface area contributed by atoms with E-state index in [-0.39, 0.29) is 12.1 Å². The minimum absolute atomic E-state index is 0.297. The first kappa shape index (κ1) is 11.6. The molecule has 0 N–H and O–H groups in total. The van der Waals surface area contributed by atoms with Gasteiger partial charge in [-0.3, -0.25) is 0 Å². The molecule has 1 nitrogen and oxygen atoms in total. The standard InChI is InChI=1S/C16H18FN/c1-18-11-3-5-14-13(4-2-6-15(14)18)7-8-16(12-17)9-10-16/h2,4,6H,3,5,9-12H2,1H3. The first-order valence-electron chi connectivity index (χ1n) is 6.66. The van der Waals surface area contributed by atoms with Crippen LogP contribution in [0, 0.1) is 17.3 Å². The quantitative estimate of drug-likeness (QED) is 0.685. The zero-order valence-electron chi connectivity index (χ0n) is 10.8. The Bertz CT molecular complexity index is 520. The van der Waals surface area contributed by atoms with E-state index >= 15 is 0 Å². The molecule has 0 spiro atoms. The number of halogens is 1. The third-order valence-electron chi connectivity index (χ3n) is 4.05. The Morgan fingerprint density at radius 3 is 2.94 bits per heavy atom. The maximum absolute atomic E-state index is 12.8. The number of fused-ring (bicyclic) bond motifs is 1. The van der Waals surface area contributed by atoms with Gasteiger partial charge in [0.15, 0.2) is 0 Å². The third kappa shape index (κ3) is 1.99. The van der Waals surface area contributed by atoms with E-state index in [1.54, 1.807) is 0 Å². The minimum Gasteiger partial charge on any atom is -0.374 e. The van der Waals surface area contributed by atoms with Gasteiger partial charge in [0, 0.05) is 24.8 Å². The maximum Gasteiger partial charge on any atom is 0.106 e. The van der Waals surface area contributed by atoms with Gasteiger partial charge in [-0.15, -0.1) is 0 Å². The van der Waals surface area contributed by atoms with Crippen LogP contribution in [0.2, 0.25) is 0 Å². The van der Waals surface area contributed by atoms with Gasteiger partial charge in [-0.25, -0.2) is 4.39 Å². The van der Waals surface area contributed by atoms with Gasteiger partial charge >= 0.3 is 0 Å². The van der Waals surface area contributed by atoms with E-state index in [1.807, 2.05) is 0 Å². The average molecular weight is 243 g/mol. The number of rotatable bonds is 1. The molecule has 1 fully saturated rings. The topological polar surface area (TPSA) is 3.24 Å². The van der Waals surface area contributed by atoms with Crippen LogP contribution in [0.25, 0.3) is 0 Å². The monoisotopic (exact) mass is 243 g/mol. The molecule has 1 aliphatic heterocycles. The summed E-state index contributed by atoms with van der Waals surface area (Å²) < 4.78 is 12.8. The number of nitrogens with zero attached hydrogens (tertiary/aromatic N) is 1. The molecule has 3 rings (SSSR count). The number of alkyl halides is 1. The fourth-order valence-corrected chi connectivity index (χ4v) is 2.57. The third-order valence-corrected chi connectivity index (χ3v) is 4.05. The van der Waals surface area contributed by atoms with Crippen LogP contribution in [0.4, 0.5) is 10.1 Å². The molecule has 1 aliphatic carbocycles. The van der Waals surface area contributed by atoms with E-state index in [1.165, 1.54) is 17.7 Å². The summed E-state index contributed by atoms with van der Waals surface area (Å²) in [7, 11) is 2.12. The van der Waals surface area contributed by atoms with Crippen LogP contribution in [0.15, 0.2) is 18.2 Å². The molecule has 0 radical (unpaired) electrons. The van der Waals surface area contributed by atoms with Crippen molar-refractivity contribution in [2.75, 3.05) is 25.2 Å². The summed E-state index contributed by atoms with van der Waals surface area (Å²) in [6.45, 7) is 0.813. The Kier molecular flexibility index (Phi) is 2.78. The smallest absolute Gasteiger partial charge is 0.106 e. The maximum atomic E-state index is 12.8. The van der Waals surface area contributed by atoms with Crippen LogP contribution in [0.5, 0.6) is 0 Å². The molecular formula is C16H18FN. The van der Waals surface area contributed by atoms with Crippen molar-refractivity contribution >= 4 is 5.69 Å². The summed E-state index contributed by atoms with van der Waals surface area (Å²) >= 11 is 0. The van der Waals surface area contributed by atoms with Crippen LogP contribution in [-0.4, -0.2) is 20.3 Å². The SMILES string of the molecule is CN1CCCc2c(C#CC3(CF)CC3)cccc21. The fraction of sp³-hybridized carbons (Fsp3) is 0.500. The molecule has 1 aromatic rings. The molecule has 0 amide bonds. The molecule has 18 heavy (non-hydrogen) atoms. The van der Waals surface area contributed by atoms with Crippen molar-refractivity contribution in [1.29, 1.82) is 0 Å². The van der Waals surface area contributed by atoms with E-state index in [0.717, 1.165) is 31.4 Å². The Labute approximate surface area is 108 Å². The summed E-state index contributed by atoms with van der Waals surface area (Å²) in [5.74, 6) is 6.39. The van der Waals surface area contributed by atoms with Crippen LogP contribution in [-0.2, 0) is 6.42 Å². The van der Waals surface area contributed by atoms with Crippen molar-refractivity contribution in [2.24, 2.45) is 5.41 Å². The number of anilines is 1. The first-order valence-corrected chi connectivity index (χ1v) is 6.66. The molecule has 94 valence electrons.